The maximum Gasteiger partial charge on any atom is 0.337 e. The monoisotopic (exact) mass is 350 g/mol. The van der Waals surface area contributed by atoms with E-state index in [4.69, 9.17) is 10.5 Å². The first-order valence-corrected chi connectivity index (χ1v) is 6.95. The number of rotatable bonds is 4. The molecule has 0 unspecified atom stereocenters. The van der Waals surface area contributed by atoms with Crippen molar-refractivity contribution in [2.24, 2.45) is 0 Å². The van der Waals surface area contributed by atoms with Gasteiger partial charge < -0.3 is 20.9 Å². The SMILES string of the molecule is COc1cc(Br)cc(Nc2cc(C)c(N)c(C(=O)O)c2)c1. The standard InChI is InChI=1S/C15H15BrN2O3/c1-8-3-10(7-13(14(8)17)15(19)20)18-11-4-9(16)5-12(6-11)21-2/h3-7,18H,17H2,1-2H3,(H,19,20). The van der Waals surface area contributed by atoms with Gasteiger partial charge in [-0.05, 0) is 36.8 Å². The zero-order valence-corrected chi connectivity index (χ0v) is 13.2. The fourth-order valence-corrected chi connectivity index (χ4v) is 2.44. The van der Waals surface area contributed by atoms with Crippen molar-refractivity contribution < 1.29 is 14.6 Å². The van der Waals surface area contributed by atoms with Crippen LogP contribution < -0.4 is 15.8 Å². The van der Waals surface area contributed by atoms with Crippen LogP contribution in [0.2, 0.25) is 0 Å². The average molecular weight is 351 g/mol. The number of ether oxygens (including phenoxy) is 1. The molecule has 2 rings (SSSR count). The van der Waals surface area contributed by atoms with Crippen LogP contribution in [0.4, 0.5) is 17.1 Å². The van der Waals surface area contributed by atoms with E-state index in [-0.39, 0.29) is 11.3 Å². The van der Waals surface area contributed by atoms with Crippen LogP contribution in [0.5, 0.6) is 5.75 Å². The zero-order chi connectivity index (χ0) is 15.6. The summed E-state index contributed by atoms with van der Waals surface area (Å²) in [5.41, 5.74) is 8.28. The topological polar surface area (TPSA) is 84.6 Å². The molecule has 110 valence electrons. The van der Waals surface area contributed by atoms with Gasteiger partial charge in [0.05, 0.1) is 12.7 Å². The number of methoxy groups -OCH3 is 1. The number of aromatic carboxylic acids is 1. The van der Waals surface area contributed by atoms with E-state index in [1.807, 2.05) is 18.2 Å². The second-order valence-corrected chi connectivity index (χ2v) is 5.48. The first-order chi connectivity index (χ1) is 9.90. The van der Waals surface area contributed by atoms with Gasteiger partial charge in [-0.2, -0.15) is 0 Å². The molecule has 6 heteroatoms. The minimum Gasteiger partial charge on any atom is -0.497 e. The van der Waals surface area contributed by atoms with Gasteiger partial charge in [0.25, 0.3) is 0 Å². The highest BCUT2D eigenvalue weighted by Crippen LogP contribution is 2.29. The number of carboxylic acids is 1. The van der Waals surface area contributed by atoms with Crippen LogP contribution in [-0.4, -0.2) is 18.2 Å². The van der Waals surface area contributed by atoms with Gasteiger partial charge in [0.15, 0.2) is 0 Å². The fourth-order valence-electron chi connectivity index (χ4n) is 1.97. The van der Waals surface area contributed by atoms with Gasteiger partial charge in [0, 0.05) is 27.6 Å². The van der Waals surface area contributed by atoms with Gasteiger partial charge in [-0.3, -0.25) is 0 Å². The summed E-state index contributed by atoms with van der Waals surface area (Å²) in [6.07, 6.45) is 0. The number of aryl methyl sites for hydroxylation is 1. The molecule has 0 spiro atoms. The first-order valence-electron chi connectivity index (χ1n) is 6.15. The molecule has 0 atom stereocenters. The van der Waals surface area contributed by atoms with Gasteiger partial charge in [-0.1, -0.05) is 15.9 Å². The molecule has 0 saturated heterocycles. The third-order valence-electron chi connectivity index (χ3n) is 3.01. The molecule has 0 aliphatic rings. The molecule has 0 heterocycles. The van der Waals surface area contributed by atoms with E-state index in [0.29, 0.717) is 17.0 Å². The third-order valence-corrected chi connectivity index (χ3v) is 3.47. The molecule has 0 saturated carbocycles. The average Bonchev–Trinajstić information content (AvgIpc) is 2.41. The van der Waals surface area contributed by atoms with E-state index in [1.54, 1.807) is 20.1 Å². The molecular weight excluding hydrogens is 336 g/mol. The summed E-state index contributed by atoms with van der Waals surface area (Å²) in [6, 6.07) is 8.83. The molecule has 2 aromatic rings. The number of nitrogen functional groups attached to an aromatic ring is 1. The quantitative estimate of drug-likeness (QED) is 0.730. The Morgan fingerprint density at radius 3 is 2.52 bits per heavy atom. The van der Waals surface area contributed by atoms with E-state index in [9.17, 15) is 9.90 Å². The maximum absolute atomic E-state index is 11.2. The molecule has 0 radical (unpaired) electrons. The van der Waals surface area contributed by atoms with Crippen molar-refractivity contribution >= 4 is 39.0 Å². The Morgan fingerprint density at radius 1 is 1.24 bits per heavy atom. The zero-order valence-electron chi connectivity index (χ0n) is 11.6. The van der Waals surface area contributed by atoms with Crippen molar-refractivity contribution in [2.45, 2.75) is 6.92 Å². The van der Waals surface area contributed by atoms with Crippen molar-refractivity contribution in [3.63, 3.8) is 0 Å². The fraction of sp³-hybridized carbons (Fsp3) is 0.133. The van der Waals surface area contributed by atoms with Crippen LogP contribution in [0.3, 0.4) is 0 Å². The molecule has 21 heavy (non-hydrogen) atoms. The molecule has 0 fully saturated rings. The van der Waals surface area contributed by atoms with Gasteiger partial charge in [-0.15, -0.1) is 0 Å². The number of carboxylic acid groups (broad SMARTS) is 1. The molecule has 0 aliphatic carbocycles. The largest absolute Gasteiger partial charge is 0.497 e. The third kappa shape index (κ3) is 3.46. The van der Waals surface area contributed by atoms with E-state index in [2.05, 4.69) is 21.2 Å². The number of hydrogen-bond donors (Lipinski definition) is 3. The Balaban J connectivity index is 2.40. The number of hydrogen-bond acceptors (Lipinski definition) is 4. The van der Waals surface area contributed by atoms with Crippen molar-refractivity contribution in [2.75, 3.05) is 18.2 Å². The van der Waals surface area contributed by atoms with Crippen LogP contribution in [0.15, 0.2) is 34.8 Å². The van der Waals surface area contributed by atoms with Crippen LogP contribution in [0, 0.1) is 6.92 Å². The summed E-state index contributed by atoms with van der Waals surface area (Å²) in [5.74, 6) is -0.358. The van der Waals surface area contributed by atoms with E-state index >= 15 is 0 Å². The van der Waals surface area contributed by atoms with Crippen LogP contribution >= 0.6 is 15.9 Å². The summed E-state index contributed by atoms with van der Waals surface area (Å²) in [7, 11) is 1.58. The second-order valence-electron chi connectivity index (χ2n) is 4.56. The lowest BCUT2D eigenvalue weighted by Crippen LogP contribution is -2.05. The van der Waals surface area contributed by atoms with Crippen LogP contribution in [0.25, 0.3) is 0 Å². The Bertz CT molecular complexity index is 702. The van der Waals surface area contributed by atoms with Gasteiger partial charge in [0.1, 0.15) is 5.75 Å². The molecule has 0 bridgehead atoms. The summed E-state index contributed by atoms with van der Waals surface area (Å²) in [4.78, 5) is 11.2. The summed E-state index contributed by atoms with van der Waals surface area (Å²) in [5, 5.41) is 12.3. The number of nitrogens with one attached hydrogen (secondary N) is 1. The van der Waals surface area contributed by atoms with Crippen LogP contribution in [-0.2, 0) is 0 Å². The number of nitrogens with two attached hydrogens (primary N) is 1. The second kappa shape index (κ2) is 6.05. The van der Waals surface area contributed by atoms with E-state index in [0.717, 1.165) is 10.2 Å². The normalized spacial score (nSPS) is 10.2. The maximum atomic E-state index is 11.2. The Hall–Kier alpha value is -2.21. The minimum absolute atomic E-state index is 0.0828. The lowest BCUT2D eigenvalue weighted by molar-refractivity contribution is 0.0698. The highest BCUT2D eigenvalue weighted by Gasteiger charge is 2.12. The number of anilines is 3. The first kappa shape index (κ1) is 15.2. The molecule has 0 aromatic heterocycles. The van der Waals surface area contributed by atoms with Gasteiger partial charge in [0.2, 0.25) is 0 Å². The van der Waals surface area contributed by atoms with Crippen molar-refractivity contribution in [3.8, 4) is 5.75 Å². The van der Waals surface area contributed by atoms with Gasteiger partial charge >= 0.3 is 5.97 Å². The lowest BCUT2D eigenvalue weighted by Gasteiger charge is -2.12. The molecule has 0 aliphatic heterocycles. The van der Waals surface area contributed by atoms with E-state index < -0.39 is 5.97 Å². The summed E-state index contributed by atoms with van der Waals surface area (Å²) >= 11 is 3.40. The molecule has 2 aromatic carbocycles. The predicted molar refractivity (Wildman–Crippen MR) is 86.5 cm³/mol. The number of halogens is 1. The van der Waals surface area contributed by atoms with E-state index in [1.165, 1.54) is 6.07 Å². The Morgan fingerprint density at radius 2 is 1.90 bits per heavy atom. The molecule has 0 amide bonds. The molecule has 5 nitrogen and oxygen atoms in total. The number of carbonyl (C=O) groups is 1. The smallest absolute Gasteiger partial charge is 0.337 e. The Kier molecular flexibility index (Phi) is 4.37. The summed E-state index contributed by atoms with van der Waals surface area (Å²) < 4.78 is 6.05. The minimum atomic E-state index is -1.05. The van der Waals surface area contributed by atoms with Crippen molar-refractivity contribution in [1.82, 2.24) is 0 Å². The molecular formula is C15H15BrN2O3. The van der Waals surface area contributed by atoms with Crippen molar-refractivity contribution in [1.29, 1.82) is 0 Å². The molecule has 4 N–H and O–H groups in total. The van der Waals surface area contributed by atoms with Crippen molar-refractivity contribution in [3.05, 3.63) is 45.9 Å². The lowest BCUT2D eigenvalue weighted by atomic mass is 10.1. The predicted octanol–water partition coefficient (Wildman–Crippen LogP) is 3.79. The van der Waals surface area contributed by atoms with Gasteiger partial charge in [-0.25, -0.2) is 4.79 Å². The Labute approximate surface area is 130 Å². The summed E-state index contributed by atoms with van der Waals surface area (Å²) in [6.45, 7) is 1.77. The highest BCUT2D eigenvalue weighted by atomic mass is 79.9. The van der Waals surface area contributed by atoms with Crippen LogP contribution in [0.1, 0.15) is 15.9 Å². The highest BCUT2D eigenvalue weighted by molar-refractivity contribution is 9.10. The number of benzene rings is 2.